The summed E-state index contributed by atoms with van der Waals surface area (Å²) in [6, 6.07) is 7.62. The minimum Gasteiger partial charge on any atom is -0.491 e. The van der Waals surface area contributed by atoms with Crippen molar-refractivity contribution in [3.8, 4) is 5.75 Å². The fourth-order valence-electron chi connectivity index (χ4n) is 2.76. The number of hydrogen-bond donors (Lipinski definition) is 3. The van der Waals surface area contributed by atoms with Gasteiger partial charge in [0, 0.05) is 17.8 Å². The summed E-state index contributed by atoms with van der Waals surface area (Å²) in [5.74, 6) is 0.458. The summed E-state index contributed by atoms with van der Waals surface area (Å²) in [7, 11) is 0. The van der Waals surface area contributed by atoms with Gasteiger partial charge < -0.3 is 15.2 Å². The van der Waals surface area contributed by atoms with E-state index in [1.54, 1.807) is 0 Å². The van der Waals surface area contributed by atoms with Gasteiger partial charge in [-0.25, -0.2) is 0 Å². The minimum absolute atomic E-state index is 0.127. The number of amides is 1. The number of hydrogen-bond acceptors (Lipinski definition) is 4. The summed E-state index contributed by atoms with van der Waals surface area (Å²) in [4.78, 5) is 12.1. The molecule has 0 saturated heterocycles. The Morgan fingerprint density at radius 1 is 1.48 bits per heavy atom. The lowest BCUT2D eigenvalue weighted by molar-refractivity contribution is 0.0839. The lowest BCUT2D eigenvalue weighted by atomic mass is 10.2. The SMILES string of the molecule is Cc1cccc(OCC(O)CNC(=O)c2n[nH]c3c2CCC3)c1. The van der Waals surface area contributed by atoms with Gasteiger partial charge in [-0.2, -0.15) is 5.10 Å². The zero-order valence-electron chi connectivity index (χ0n) is 13.1. The molecule has 0 radical (unpaired) electrons. The zero-order valence-corrected chi connectivity index (χ0v) is 13.1. The van der Waals surface area contributed by atoms with Gasteiger partial charge in [-0.3, -0.25) is 9.89 Å². The third-order valence-electron chi connectivity index (χ3n) is 3.95. The summed E-state index contributed by atoms with van der Waals surface area (Å²) in [6.45, 7) is 2.24. The Labute approximate surface area is 134 Å². The highest BCUT2D eigenvalue weighted by Gasteiger charge is 2.23. The van der Waals surface area contributed by atoms with E-state index in [9.17, 15) is 9.90 Å². The highest BCUT2D eigenvalue weighted by molar-refractivity contribution is 5.94. The van der Waals surface area contributed by atoms with Crippen molar-refractivity contribution in [2.24, 2.45) is 0 Å². The average molecular weight is 315 g/mol. The number of carbonyl (C=O) groups is 1. The minimum atomic E-state index is -0.772. The summed E-state index contributed by atoms with van der Waals surface area (Å²) in [6.07, 6.45) is 2.11. The van der Waals surface area contributed by atoms with Crippen LogP contribution in [-0.4, -0.2) is 40.5 Å². The van der Waals surface area contributed by atoms with E-state index in [1.807, 2.05) is 31.2 Å². The van der Waals surface area contributed by atoms with Crippen LogP contribution in [0, 0.1) is 6.92 Å². The van der Waals surface area contributed by atoms with E-state index in [-0.39, 0.29) is 19.1 Å². The first kappa shape index (κ1) is 15.6. The number of aromatic nitrogens is 2. The number of H-pyrrole nitrogens is 1. The van der Waals surface area contributed by atoms with Crippen LogP contribution in [0.5, 0.6) is 5.75 Å². The number of nitrogens with zero attached hydrogens (tertiary/aromatic N) is 1. The van der Waals surface area contributed by atoms with Gasteiger partial charge in [0.15, 0.2) is 5.69 Å². The van der Waals surface area contributed by atoms with Crippen LogP contribution in [0.2, 0.25) is 0 Å². The average Bonchev–Trinajstić information content (AvgIpc) is 3.13. The molecule has 122 valence electrons. The van der Waals surface area contributed by atoms with Gasteiger partial charge in [0.05, 0.1) is 0 Å². The number of aliphatic hydroxyl groups is 1. The van der Waals surface area contributed by atoms with Crippen molar-refractivity contribution in [3.05, 3.63) is 46.8 Å². The molecule has 1 atom stereocenters. The topological polar surface area (TPSA) is 87.2 Å². The summed E-state index contributed by atoms with van der Waals surface area (Å²) in [5, 5.41) is 19.6. The fraction of sp³-hybridized carbons (Fsp3) is 0.412. The van der Waals surface area contributed by atoms with Gasteiger partial charge in [0.1, 0.15) is 18.5 Å². The smallest absolute Gasteiger partial charge is 0.272 e. The molecule has 0 spiro atoms. The molecule has 23 heavy (non-hydrogen) atoms. The Morgan fingerprint density at radius 2 is 2.35 bits per heavy atom. The van der Waals surface area contributed by atoms with Gasteiger partial charge in [-0.05, 0) is 43.9 Å². The maximum Gasteiger partial charge on any atom is 0.272 e. The van der Waals surface area contributed by atoms with E-state index in [0.717, 1.165) is 36.1 Å². The van der Waals surface area contributed by atoms with E-state index in [4.69, 9.17) is 4.74 Å². The third-order valence-corrected chi connectivity index (χ3v) is 3.95. The molecule has 0 aliphatic heterocycles. The Morgan fingerprint density at radius 3 is 3.17 bits per heavy atom. The van der Waals surface area contributed by atoms with Crippen LogP contribution in [0.25, 0.3) is 0 Å². The first-order valence-electron chi connectivity index (χ1n) is 7.85. The molecule has 1 heterocycles. The summed E-state index contributed by atoms with van der Waals surface area (Å²) < 4.78 is 5.52. The standard InChI is InChI=1S/C17H21N3O3/c1-11-4-2-5-13(8-11)23-10-12(21)9-18-17(22)16-14-6-3-7-15(14)19-20-16/h2,4-5,8,12,21H,3,6-7,9-10H2,1H3,(H,18,22)(H,19,20). The predicted molar refractivity (Wildman–Crippen MR) is 85.6 cm³/mol. The Bertz CT molecular complexity index is 696. The van der Waals surface area contributed by atoms with E-state index in [0.29, 0.717) is 11.4 Å². The van der Waals surface area contributed by atoms with E-state index < -0.39 is 6.10 Å². The Balaban J connectivity index is 1.47. The van der Waals surface area contributed by atoms with Crippen molar-refractivity contribution in [2.45, 2.75) is 32.3 Å². The molecule has 1 aromatic heterocycles. The van der Waals surface area contributed by atoms with Crippen LogP contribution in [-0.2, 0) is 12.8 Å². The van der Waals surface area contributed by atoms with E-state index in [1.165, 1.54) is 0 Å². The molecule has 0 saturated carbocycles. The number of nitrogens with one attached hydrogen (secondary N) is 2. The lowest BCUT2D eigenvalue weighted by Crippen LogP contribution is -2.35. The highest BCUT2D eigenvalue weighted by Crippen LogP contribution is 2.22. The van der Waals surface area contributed by atoms with Crippen LogP contribution < -0.4 is 10.1 Å². The number of aromatic amines is 1. The number of rotatable bonds is 6. The molecule has 1 unspecified atom stereocenters. The van der Waals surface area contributed by atoms with Crippen molar-refractivity contribution < 1.29 is 14.6 Å². The molecule has 2 aromatic rings. The lowest BCUT2D eigenvalue weighted by Gasteiger charge is -2.13. The second kappa shape index (κ2) is 6.83. The maximum atomic E-state index is 12.1. The second-order valence-electron chi connectivity index (χ2n) is 5.87. The van der Waals surface area contributed by atoms with Gasteiger partial charge in [-0.1, -0.05) is 12.1 Å². The first-order chi connectivity index (χ1) is 11.1. The molecule has 0 bridgehead atoms. The van der Waals surface area contributed by atoms with Gasteiger partial charge in [0.2, 0.25) is 0 Å². The number of ether oxygens (including phenoxy) is 1. The molecule has 6 nitrogen and oxygen atoms in total. The molecule has 6 heteroatoms. The molecule has 3 N–H and O–H groups in total. The molecular weight excluding hydrogens is 294 g/mol. The van der Waals surface area contributed by atoms with Gasteiger partial charge in [0.25, 0.3) is 5.91 Å². The molecule has 1 aliphatic rings. The molecule has 1 amide bonds. The largest absolute Gasteiger partial charge is 0.491 e. The molecular formula is C17H21N3O3. The quantitative estimate of drug-likeness (QED) is 0.751. The number of benzene rings is 1. The number of aryl methyl sites for hydroxylation is 2. The second-order valence-corrected chi connectivity index (χ2v) is 5.87. The monoisotopic (exact) mass is 315 g/mol. The Kier molecular flexibility index (Phi) is 4.62. The number of fused-ring (bicyclic) bond motifs is 1. The first-order valence-corrected chi connectivity index (χ1v) is 7.85. The molecule has 1 aromatic carbocycles. The van der Waals surface area contributed by atoms with E-state index >= 15 is 0 Å². The van der Waals surface area contributed by atoms with Crippen molar-refractivity contribution >= 4 is 5.91 Å². The van der Waals surface area contributed by atoms with Crippen molar-refractivity contribution in [3.63, 3.8) is 0 Å². The van der Waals surface area contributed by atoms with Crippen LogP contribution in [0.4, 0.5) is 0 Å². The van der Waals surface area contributed by atoms with Gasteiger partial charge >= 0.3 is 0 Å². The predicted octanol–water partition coefficient (Wildman–Crippen LogP) is 1.38. The normalized spacial score (nSPS) is 14.3. The van der Waals surface area contributed by atoms with Crippen LogP contribution in [0.1, 0.15) is 33.7 Å². The van der Waals surface area contributed by atoms with Crippen molar-refractivity contribution in [1.82, 2.24) is 15.5 Å². The van der Waals surface area contributed by atoms with Crippen molar-refractivity contribution in [2.75, 3.05) is 13.2 Å². The van der Waals surface area contributed by atoms with Crippen LogP contribution in [0.15, 0.2) is 24.3 Å². The number of aliphatic hydroxyl groups excluding tert-OH is 1. The van der Waals surface area contributed by atoms with Crippen molar-refractivity contribution in [1.29, 1.82) is 0 Å². The summed E-state index contributed by atoms with van der Waals surface area (Å²) in [5.41, 5.74) is 3.61. The molecule has 3 rings (SSSR count). The zero-order chi connectivity index (χ0) is 16.2. The molecule has 1 aliphatic carbocycles. The fourth-order valence-corrected chi connectivity index (χ4v) is 2.76. The third kappa shape index (κ3) is 3.71. The Hall–Kier alpha value is -2.34. The van der Waals surface area contributed by atoms with Crippen LogP contribution >= 0.6 is 0 Å². The molecule has 0 fully saturated rings. The summed E-state index contributed by atoms with van der Waals surface area (Å²) >= 11 is 0. The van der Waals surface area contributed by atoms with E-state index in [2.05, 4.69) is 15.5 Å². The van der Waals surface area contributed by atoms with Gasteiger partial charge in [-0.15, -0.1) is 0 Å². The highest BCUT2D eigenvalue weighted by atomic mass is 16.5. The number of carbonyl (C=O) groups excluding carboxylic acids is 1. The maximum absolute atomic E-state index is 12.1. The van der Waals surface area contributed by atoms with Crippen LogP contribution in [0.3, 0.4) is 0 Å².